The van der Waals surface area contributed by atoms with Crippen molar-refractivity contribution in [3.8, 4) is 11.3 Å². The van der Waals surface area contributed by atoms with E-state index in [4.69, 9.17) is 0 Å². The van der Waals surface area contributed by atoms with Gasteiger partial charge in [-0.2, -0.15) is 0 Å². The van der Waals surface area contributed by atoms with E-state index in [2.05, 4.69) is 25.6 Å². The minimum absolute atomic E-state index is 0.0108. The lowest BCUT2D eigenvalue weighted by Crippen LogP contribution is -2.29. The van der Waals surface area contributed by atoms with Crippen molar-refractivity contribution in [3.05, 3.63) is 65.6 Å². The topological polar surface area (TPSA) is 103 Å². The van der Waals surface area contributed by atoms with Crippen molar-refractivity contribution < 1.29 is 9.90 Å². The number of aromatic nitrogens is 3. The van der Waals surface area contributed by atoms with Crippen LogP contribution in [0.4, 0.5) is 5.95 Å². The smallest absolute Gasteiger partial charge is 0.268 e. The van der Waals surface area contributed by atoms with Crippen LogP contribution >= 0.6 is 0 Å². The molecule has 2 heterocycles. The molecule has 7 nitrogen and oxygen atoms in total. The molecule has 0 spiro atoms. The van der Waals surface area contributed by atoms with Crippen LogP contribution in [-0.2, 0) is 0 Å². The van der Waals surface area contributed by atoms with E-state index in [1.165, 1.54) is 0 Å². The molecule has 1 atom stereocenters. The number of anilines is 1. The van der Waals surface area contributed by atoms with Gasteiger partial charge in [0.05, 0.1) is 11.7 Å². The fourth-order valence-corrected chi connectivity index (χ4v) is 3.01. The Hall–Kier alpha value is -3.19. The van der Waals surface area contributed by atoms with E-state index >= 15 is 0 Å². The van der Waals surface area contributed by atoms with Crippen LogP contribution in [-0.4, -0.2) is 39.1 Å². The Kier molecular flexibility index (Phi) is 6.39. The highest BCUT2D eigenvalue weighted by atomic mass is 16.3. The maximum atomic E-state index is 12.7. The first-order valence-corrected chi connectivity index (χ1v) is 9.35. The first-order chi connectivity index (χ1) is 13.6. The minimum Gasteiger partial charge on any atom is -0.396 e. The summed E-state index contributed by atoms with van der Waals surface area (Å²) in [5, 5.41) is 15.4. The van der Waals surface area contributed by atoms with Gasteiger partial charge in [0.1, 0.15) is 5.69 Å². The second kappa shape index (κ2) is 9.14. The van der Waals surface area contributed by atoms with E-state index in [-0.39, 0.29) is 18.6 Å². The molecule has 2 aromatic heterocycles. The summed E-state index contributed by atoms with van der Waals surface area (Å²) in [4.78, 5) is 24.5. The molecule has 4 N–H and O–H groups in total. The predicted octanol–water partition coefficient (Wildman–Crippen LogP) is 3.07. The molecule has 7 heteroatoms. The molecule has 0 saturated heterocycles. The molecule has 0 aliphatic heterocycles. The highest BCUT2D eigenvalue weighted by molar-refractivity contribution is 5.94. The molecular weight excluding hydrogens is 354 g/mol. The first kappa shape index (κ1) is 19.6. The Labute approximate surface area is 164 Å². The number of aliphatic hydroxyl groups excluding tert-OH is 1. The van der Waals surface area contributed by atoms with Crippen molar-refractivity contribution >= 4 is 11.9 Å². The molecule has 3 rings (SSSR count). The molecule has 0 saturated carbocycles. The highest BCUT2D eigenvalue weighted by Gasteiger charge is 2.17. The van der Waals surface area contributed by atoms with Crippen molar-refractivity contribution in [2.45, 2.75) is 26.3 Å². The molecule has 28 heavy (non-hydrogen) atoms. The van der Waals surface area contributed by atoms with Crippen LogP contribution in [0, 0.1) is 6.92 Å². The summed E-state index contributed by atoms with van der Waals surface area (Å²) in [5.41, 5.74) is 3.92. The highest BCUT2D eigenvalue weighted by Crippen LogP contribution is 2.23. The normalized spacial score (nSPS) is 11.8. The minimum atomic E-state index is -0.258. The lowest BCUT2D eigenvalue weighted by atomic mass is 10.0. The number of hydrogen-bond acceptors (Lipinski definition) is 5. The quantitative estimate of drug-likeness (QED) is 0.482. The molecule has 0 bridgehead atoms. The van der Waals surface area contributed by atoms with E-state index < -0.39 is 0 Å². The number of benzene rings is 1. The summed E-state index contributed by atoms with van der Waals surface area (Å²) in [6.07, 6.45) is 3.98. The number of carbonyl (C=O) groups excluding carboxylic acids is 1. The van der Waals surface area contributed by atoms with E-state index in [1.807, 2.05) is 44.2 Å². The fraction of sp³-hybridized carbons (Fsp3) is 0.286. The van der Waals surface area contributed by atoms with Crippen molar-refractivity contribution in [1.82, 2.24) is 20.3 Å². The van der Waals surface area contributed by atoms with Gasteiger partial charge < -0.3 is 20.7 Å². The summed E-state index contributed by atoms with van der Waals surface area (Å²) >= 11 is 0. The summed E-state index contributed by atoms with van der Waals surface area (Å²) in [7, 11) is 0. The maximum Gasteiger partial charge on any atom is 0.268 e. The second-order valence-electron chi connectivity index (χ2n) is 6.51. The Morgan fingerprint density at radius 3 is 2.79 bits per heavy atom. The molecular formula is C21H25N5O2. The number of nitrogens with zero attached hydrogens (tertiary/aromatic N) is 2. The SMILES string of the molecule is CCNc1ncc(C)c(-c2c[nH]c(C(=O)N[C@@H](CCO)c3ccccc3)c2)n1. The second-order valence-corrected chi connectivity index (χ2v) is 6.51. The van der Waals surface area contributed by atoms with E-state index in [1.54, 1.807) is 18.5 Å². The van der Waals surface area contributed by atoms with Gasteiger partial charge in [-0.05, 0) is 37.5 Å². The zero-order valence-corrected chi connectivity index (χ0v) is 16.1. The van der Waals surface area contributed by atoms with Gasteiger partial charge in [-0.1, -0.05) is 30.3 Å². The van der Waals surface area contributed by atoms with Crippen LogP contribution in [0.15, 0.2) is 48.8 Å². The van der Waals surface area contributed by atoms with Crippen molar-refractivity contribution in [3.63, 3.8) is 0 Å². The largest absolute Gasteiger partial charge is 0.396 e. The Balaban J connectivity index is 1.79. The van der Waals surface area contributed by atoms with Gasteiger partial charge in [-0.25, -0.2) is 9.97 Å². The van der Waals surface area contributed by atoms with E-state index in [9.17, 15) is 9.90 Å². The zero-order chi connectivity index (χ0) is 19.9. The lowest BCUT2D eigenvalue weighted by Gasteiger charge is -2.17. The number of nitrogens with one attached hydrogen (secondary N) is 3. The van der Waals surface area contributed by atoms with Crippen LogP contribution in [0.1, 0.15) is 41.0 Å². The third-order valence-electron chi connectivity index (χ3n) is 4.43. The Morgan fingerprint density at radius 2 is 2.07 bits per heavy atom. The first-order valence-electron chi connectivity index (χ1n) is 9.35. The molecule has 0 fully saturated rings. The van der Waals surface area contributed by atoms with Gasteiger partial charge in [-0.15, -0.1) is 0 Å². The zero-order valence-electron chi connectivity index (χ0n) is 16.1. The van der Waals surface area contributed by atoms with Crippen molar-refractivity contribution in [1.29, 1.82) is 0 Å². The summed E-state index contributed by atoms with van der Waals surface area (Å²) in [6, 6.07) is 11.1. The monoisotopic (exact) mass is 379 g/mol. The van der Waals surface area contributed by atoms with E-state index in [0.29, 0.717) is 18.1 Å². The van der Waals surface area contributed by atoms with Crippen LogP contribution in [0.25, 0.3) is 11.3 Å². The van der Waals surface area contributed by atoms with Gasteiger partial charge in [0, 0.05) is 31.1 Å². The van der Waals surface area contributed by atoms with Gasteiger partial charge in [0.25, 0.3) is 5.91 Å². The van der Waals surface area contributed by atoms with Gasteiger partial charge in [0.15, 0.2) is 0 Å². The maximum absolute atomic E-state index is 12.7. The number of aliphatic hydroxyl groups is 1. The van der Waals surface area contributed by atoms with Gasteiger partial charge in [-0.3, -0.25) is 4.79 Å². The molecule has 146 valence electrons. The molecule has 0 unspecified atom stereocenters. The summed E-state index contributed by atoms with van der Waals surface area (Å²) in [5.74, 6) is 0.328. The number of aromatic amines is 1. The third kappa shape index (κ3) is 4.55. The van der Waals surface area contributed by atoms with Crippen molar-refractivity contribution in [2.24, 2.45) is 0 Å². The Bertz CT molecular complexity index is 924. The summed E-state index contributed by atoms with van der Waals surface area (Å²) in [6.45, 7) is 4.64. The number of aryl methyl sites for hydroxylation is 1. The lowest BCUT2D eigenvalue weighted by molar-refractivity contribution is 0.0925. The van der Waals surface area contributed by atoms with Crippen LogP contribution in [0.3, 0.4) is 0 Å². The van der Waals surface area contributed by atoms with Crippen molar-refractivity contribution in [2.75, 3.05) is 18.5 Å². The Morgan fingerprint density at radius 1 is 1.29 bits per heavy atom. The van der Waals surface area contributed by atoms with Gasteiger partial charge >= 0.3 is 0 Å². The fourth-order valence-electron chi connectivity index (χ4n) is 3.01. The molecule has 1 aromatic carbocycles. The third-order valence-corrected chi connectivity index (χ3v) is 4.43. The molecule has 0 aliphatic carbocycles. The number of rotatable bonds is 8. The standard InChI is InChI=1S/C21H25N5O2/c1-3-22-21-24-12-14(2)19(26-21)16-11-18(23-13-16)20(28)25-17(9-10-27)15-7-5-4-6-8-15/h4-8,11-13,17,23,27H,3,9-10H2,1-2H3,(H,25,28)(H,22,24,26)/t17-/m0/s1. The van der Waals surface area contributed by atoms with Crippen LogP contribution in [0.5, 0.6) is 0 Å². The van der Waals surface area contributed by atoms with Gasteiger partial charge in [0.2, 0.25) is 5.95 Å². The number of hydrogen-bond donors (Lipinski definition) is 4. The number of amides is 1. The number of H-pyrrole nitrogens is 1. The average molecular weight is 379 g/mol. The van der Waals surface area contributed by atoms with Crippen LogP contribution < -0.4 is 10.6 Å². The molecule has 0 aliphatic rings. The molecule has 3 aromatic rings. The van der Waals surface area contributed by atoms with Crippen LogP contribution in [0.2, 0.25) is 0 Å². The molecule has 1 amide bonds. The molecule has 0 radical (unpaired) electrons. The average Bonchev–Trinajstić information content (AvgIpc) is 3.20. The summed E-state index contributed by atoms with van der Waals surface area (Å²) < 4.78 is 0. The predicted molar refractivity (Wildman–Crippen MR) is 109 cm³/mol. The van der Waals surface area contributed by atoms with E-state index in [0.717, 1.165) is 28.9 Å². The number of carbonyl (C=O) groups is 1.